The molecule has 1 aromatic rings. The number of ether oxygens (including phenoxy) is 1. The first kappa shape index (κ1) is 20.4. The molecule has 7 heteroatoms. The number of methoxy groups -OCH3 is 1. The smallest absolute Gasteiger partial charge is 0.337 e. The molecule has 0 unspecified atom stereocenters. The number of likely N-dealkylation sites (tertiary alicyclic amines) is 1. The summed E-state index contributed by atoms with van der Waals surface area (Å²) in [4.78, 5) is 43.5. The highest BCUT2D eigenvalue weighted by molar-refractivity contribution is 6.06. The maximum atomic E-state index is 12.8. The standard InChI is InChI=1S/C24H29N3O4/c1-31-24(30)17-4-2-16(3-5-17)15-26-10-8-25(9-11-26)12-13-27-22(28)20-18-6-7-19(14-18)21(20)23(27)29/h2-7,18-21H,8-15H2,1H3/t18-,19+,20+,21-. The van der Waals surface area contributed by atoms with Crippen LogP contribution in [0.2, 0.25) is 0 Å². The van der Waals surface area contributed by atoms with Crippen molar-refractivity contribution in [3.05, 3.63) is 47.5 Å². The molecule has 2 amide bonds. The number of allylic oxidation sites excluding steroid dienone is 2. The van der Waals surface area contributed by atoms with Crippen LogP contribution in [0.15, 0.2) is 36.4 Å². The van der Waals surface area contributed by atoms with Crippen molar-refractivity contribution >= 4 is 17.8 Å². The predicted octanol–water partition coefficient (Wildman–Crippen LogP) is 1.40. The third-order valence-corrected chi connectivity index (χ3v) is 7.45. The van der Waals surface area contributed by atoms with Crippen LogP contribution < -0.4 is 0 Å². The average Bonchev–Trinajstić information content (AvgIpc) is 3.48. The largest absolute Gasteiger partial charge is 0.465 e. The molecule has 164 valence electrons. The summed E-state index contributed by atoms with van der Waals surface area (Å²) in [7, 11) is 1.39. The molecule has 2 aliphatic heterocycles. The van der Waals surface area contributed by atoms with Crippen LogP contribution in [0, 0.1) is 23.7 Å². The van der Waals surface area contributed by atoms with Crippen molar-refractivity contribution in [2.75, 3.05) is 46.4 Å². The molecule has 4 atom stereocenters. The van der Waals surface area contributed by atoms with Gasteiger partial charge in [-0.05, 0) is 36.0 Å². The highest BCUT2D eigenvalue weighted by Crippen LogP contribution is 2.52. The monoisotopic (exact) mass is 423 g/mol. The summed E-state index contributed by atoms with van der Waals surface area (Å²) in [6, 6.07) is 7.56. The molecule has 3 fully saturated rings. The number of piperazine rings is 1. The van der Waals surface area contributed by atoms with Gasteiger partial charge >= 0.3 is 5.97 Å². The summed E-state index contributed by atoms with van der Waals surface area (Å²) >= 11 is 0. The van der Waals surface area contributed by atoms with Crippen LogP contribution in [0.5, 0.6) is 0 Å². The van der Waals surface area contributed by atoms with Gasteiger partial charge in [0, 0.05) is 45.8 Å². The Morgan fingerprint density at radius 3 is 2.06 bits per heavy atom. The van der Waals surface area contributed by atoms with Gasteiger partial charge in [-0.2, -0.15) is 0 Å². The Kier molecular flexibility index (Phi) is 5.40. The predicted molar refractivity (Wildman–Crippen MR) is 114 cm³/mol. The van der Waals surface area contributed by atoms with E-state index in [1.807, 2.05) is 12.1 Å². The van der Waals surface area contributed by atoms with E-state index in [1.54, 1.807) is 12.1 Å². The van der Waals surface area contributed by atoms with E-state index in [-0.39, 0.29) is 41.5 Å². The fraction of sp³-hybridized carbons (Fsp3) is 0.542. The number of carbonyl (C=O) groups is 3. The Hall–Kier alpha value is -2.51. The minimum atomic E-state index is -0.317. The molecular formula is C24H29N3O4. The Balaban J connectivity index is 1.08. The number of rotatable bonds is 6. The Labute approximate surface area is 182 Å². The van der Waals surface area contributed by atoms with Crippen molar-refractivity contribution < 1.29 is 19.1 Å². The van der Waals surface area contributed by atoms with Crippen LogP contribution in [0.4, 0.5) is 0 Å². The molecule has 0 spiro atoms. The first-order chi connectivity index (χ1) is 15.0. The molecule has 0 radical (unpaired) electrons. The van der Waals surface area contributed by atoms with Gasteiger partial charge in [0.1, 0.15) is 0 Å². The van der Waals surface area contributed by atoms with Crippen LogP contribution in [0.25, 0.3) is 0 Å². The third kappa shape index (κ3) is 3.70. The lowest BCUT2D eigenvalue weighted by Gasteiger charge is -2.35. The van der Waals surface area contributed by atoms with Gasteiger partial charge in [0.15, 0.2) is 0 Å². The summed E-state index contributed by atoms with van der Waals surface area (Å²) < 4.78 is 4.74. The average molecular weight is 424 g/mol. The molecule has 2 saturated heterocycles. The molecular weight excluding hydrogens is 394 g/mol. The van der Waals surface area contributed by atoms with Crippen molar-refractivity contribution in [1.29, 1.82) is 0 Å². The Bertz CT molecular complexity index is 874. The van der Waals surface area contributed by atoms with Crippen LogP contribution in [0.3, 0.4) is 0 Å². The van der Waals surface area contributed by atoms with Crippen LogP contribution in [-0.2, 0) is 20.9 Å². The third-order valence-electron chi connectivity index (χ3n) is 7.45. The maximum Gasteiger partial charge on any atom is 0.337 e. The summed E-state index contributed by atoms with van der Waals surface area (Å²) in [5, 5.41) is 0. The Morgan fingerprint density at radius 1 is 0.903 bits per heavy atom. The van der Waals surface area contributed by atoms with E-state index >= 15 is 0 Å². The van der Waals surface area contributed by atoms with Crippen molar-refractivity contribution in [2.45, 2.75) is 13.0 Å². The molecule has 0 N–H and O–H groups in total. The number of hydrogen-bond acceptors (Lipinski definition) is 6. The normalized spacial score (nSPS) is 30.3. The molecule has 1 saturated carbocycles. The fourth-order valence-corrected chi connectivity index (χ4v) is 5.72. The van der Waals surface area contributed by atoms with E-state index in [0.29, 0.717) is 12.1 Å². The molecule has 2 heterocycles. The lowest BCUT2D eigenvalue weighted by molar-refractivity contribution is -0.141. The second kappa shape index (κ2) is 8.20. The number of benzene rings is 1. The second-order valence-corrected chi connectivity index (χ2v) is 9.13. The minimum Gasteiger partial charge on any atom is -0.465 e. The summed E-state index contributed by atoms with van der Waals surface area (Å²) in [5.74, 6) is 0.169. The van der Waals surface area contributed by atoms with Crippen molar-refractivity contribution in [2.24, 2.45) is 23.7 Å². The van der Waals surface area contributed by atoms with E-state index in [1.165, 1.54) is 17.6 Å². The number of carbonyl (C=O) groups excluding carboxylic acids is 3. The summed E-state index contributed by atoms with van der Waals surface area (Å²) in [6.45, 7) is 5.85. The van der Waals surface area contributed by atoms with E-state index < -0.39 is 0 Å². The molecule has 2 bridgehead atoms. The quantitative estimate of drug-likeness (QED) is 0.391. The highest BCUT2D eigenvalue weighted by atomic mass is 16.5. The molecule has 4 aliphatic rings. The number of nitrogens with zero attached hydrogens (tertiary/aromatic N) is 3. The van der Waals surface area contributed by atoms with Gasteiger partial charge in [-0.15, -0.1) is 0 Å². The first-order valence-corrected chi connectivity index (χ1v) is 11.2. The fourth-order valence-electron chi connectivity index (χ4n) is 5.72. The van der Waals surface area contributed by atoms with Gasteiger partial charge in [-0.25, -0.2) is 4.79 Å². The zero-order chi connectivity index (χ0) is 21.5. The summed E-state index contributed by atoms with van der Waals surface area (Å²) in [5.41, 5.74) is 1.74. The van der Waals surface area contributed by atoms with Crippen LogP contribution >= 0.6 is 0 Å². The van der Waals surface area contributed by atoms with Gasteiger partial charge in [0.25, 0.3) is 0 Å². The van der Waals surface area contributed by atoms with Crippen molar-refractivity contribution in [3.63, 3.8) is 0 Å². The van der Waals surface area contributed by atoms with E-state index in [4.69, 9.17) is 4.74 Å². The maximum absolute atomic E-state index is 12.8. The molecule has 31 heavy (non-hydrogen) atoms. The number of amides is 2. The van der Waals surface area contributed by atoms with Gasteiger partial charge in [-0.3, -0.25) is 24.3 Å². The Morgan fingerprint density at radius 2 is 1.48 bits per heavy atom. The van der Waals surface area contributed by atoms with Gasteiger partial charge in [0.05, 0.1) is 24.5 Å². The number of fused-ring (bicyclic) bond motifs is 5. The van der Waals surface area contributed by atoms with Gasteiger partial charge in [0.2, 0.25) is 11.8 Å². The molecule has 0 aromatic heterocycles. The van der Waals surface area contributed by atoms with Crippen molar-refractivity contribution in [3.8, 4) is 0 Å². The SMILES string of the molecule is COC(=O)c1ccc(CN2CCN(CCN3C(=O)[C@@H]4[C@H](C3=O)[C@H]3C=C[C@@H]4C3)CC2)cc1. The molecule has 7 nitrogen and oxygen atoms in total. The van der Waals surface area contributed by atoms with Crippen molar-refractivity contribution in [1.82, 2.24) is 14.7 Å². The molecule has 5 rings (SSSR count). The second-order valence-electron chi connectivity index (χ2n) is 9.13. The highest BCUT2D eigenvalue weighted by Gasteiger charge is 2.59. The number of esters is 1. The van der Waals surface area contributed by atoms with E-state index in [9.17, 15) is 14.4 Å². The minimum absolute atomic E-state index is 0.0564. The summed E-state index contributed by atoms with van der Waals surface area (Å²) in [6.07, 6.45) is 5.26. The lowest BCUT2D eigenvalue weighted by atomic mass is 9.85. The topological polar surface area (TPSA) is 70.2 Å². The van der Waals surface area contributed by atoms with E-state index in [2.05, 4.69) is 22.0 Å². The number of imide groups is 1. The van der Waals surface area contributed by atoms with E-state index in [0.717, 1.165) is 45.7 Å². The lowest BCUT2D eigenvalue weighted by Crippen LogP contribution is -2.48. The van der Waals surface area contributed by atoms with Crippen LogP contribution in [0.1, 0.15) is 22.3 Å². The first-order valence-electron chi connectivity index (χ1n) is 11.2. The zero-order valence-corrected chi connectivity index (χ0v) is 17.9. The van der Waals surface area contributed by atoms with Gasteiger partial charge < -0.3 is 4.74 Å². The zero-order valence-electron chi connectivity index (χ0n) is 17.9. The van der Waals surface area contributed by atoms with Gasteiger partial charge in [-0.1, -0.05) is 24.3 Å². The molecule has 1 aromatic carbocycles. The molecule has 2 aliphatic carbocycles. The van der Waals surface area contributed by atoms with Crippen LogP contribution in [-0.4, -0.2) is 78.9 Å². The number of hydrogen-bond donors (Lipinski definition) is 0.